The highest BCUT2D eigenvalue weighted by molar-refractivity contribution is 7.11. The van der Waals surface area contributed by atoms with Gasteiger partial charge in [0.25, 0.3) is 0 Å². The molecule has 158 valence electrons. The first-order chi connectivity index (χ1) is 14.5. The summed E-state index contributed by atoms with van der Waals surface area (Å²) in [7, 11) is 1.66. The number of oxazole rings is 1. The van der Waals surface area contributed by atoms with Crippen LogP contribution < -0.4 is 4.74 Å². The van der Waals surface area contributed by atoms with Crippen molar-refractivity contribution < 1.29 is 13.9 Å². The Bertz CT molecular complexity index is 1030. The first-order valence-corrected chi connectivity index (χ1v) is 11.1. The van der Waals surface area contributed by atoms with Gasteiger partial charge in [0.15, 0.2) is 0 Å². The summed E-state index contributed by atoms with van der Waals surface area (Å²) < 4.78 is 11.4. The van der Waals surface area contributed by atoms with Crippen molar-refractivity contribution >= 4 is 17.2 Å². The second-order valence-electron chi connectivity index (χ2n) is 7.71. The summed E-state index contributed by atoms with van der Waals surface area (Å²) in [6.45, 7) is 4.69. The number of nitrogens with zero attached hydrogens (tertiary/aromatic N) is 3. The van der Waals surface area contributed by atoms with Crippen LogP contribution in [0.3, 0.4) is 0 Å². The number of carbonyl (C=O) groups excluding carboxylic acids is 1. The molecule has 3 aromatic rings. The summed E-state index contributed by atoms with van der Waals surface area (Å²) in [6.07, 6.45) is 5.78. The summed E-state index contributed by atoms with van der Waals surface area (Å²) in [5.74, 6) is 2.38. The highest BCUT2D eigenvalue weighted by atomic mass is 32.1. The van der Waals surface area contributed by atoms with Crippen LogP contribution in [0.1, 0.15) is 58.1 Å². The summed E-state index contributed by atoms with van der Waals surface area (Å²) in [6, 6.07) is 7.83. The van der Waals surface area contributed by atoms with Crippen molar-refractivity contribution in [2.24, 2.45) is 0 Å². The molecule has 0 bridgehead atoms. The van der Waals surface area contributed by atoms with Crippen molar-refractivity contribution in [1.82, 2.24) is 14.9 Å². The van der Waals surface area contributed by atoms with Crippen LogP contribution >= 0.6 is 11.3 Å². The number of likely N-dealkylation sites (tertiary alicyclic amines) is 1. The van der Waals surface area contributed by atoms with Gasteiger partial charge in [0.05, 0.1) is 30.4 Å². The molecule has 2 aromatic heterocycles. The van der Waals surface area contributed by atoms with E-state index in [1.165, 1.54) is 0 Å². The molecule has 0 saturated carbocycles. The predicted molar refractivity (Wildman–Crippen MR) is 116 cm³/mol. The number of hydrogen-bond acceptors (Lipinski definition) is 6. The molecule has 3 heterocycles. The third-order valence-electron chi connectivity index (χ3n) is 5.50. The van der Waals surface area contributed by atoms with E-state index in [-0.39, 0.29) is 11.9 Å². The van der Waals surface area contributed by atoms with Gasteiger partial charge in [-0.15, -0.1) is 11.3 Å². The molecule has 0 N–H and O–H groups in total. The summed E-state index contributed by atoms with van der Waals surface area (Å²) >= 11 is 1.60. The van der Waals surface area contributed by atoms with Crippen LogP contribution in [-0.2, 0) is 17.6 Å². The fraction of sp³-hybridized carbons (Fsp3) is 0.435. The molecule has 1 amide bonds. The van der Waals surface area contributed by atoms with Gasteiger partial charge >= 0.3 is 0 Å². The predicted octanol–water partition coefficient (Wildman–Crippen LogP) is 4.64. The van der Waals surface area contributed by atoms with Crippen molar-refractivity contribution in [3.8, 4) is 5.75 Å². The van der Waals surface area contributed by atoms with E-state index in [9.17, 15) is 4.79 Å². The average molecular weight is 426 g/mol. The minimum atomic E-state index is -0.0976. The fourth-order valence-corrected chi connectivity index (χ4v) is 4.93. The van der Waals surface area contributed by atoms with Gasteiger partial charge in [-0.2, -0.15) is 0 Å². The van der Waals surface area contributed by atoms with Crippen LogP contribution in [-0.4, -0.2) is 34.4 Å². The number of aromatic nitrogens is 2. The fourth-order valence-electron chi connectivity index (χ4n) is 4.01. The van der Waals surface area contributed by atoms with Crippen molar-refractivity contribution in [1.29, 1.82) is 0 Å². The number of piperidine rings is 1. The zero-order valence-electron chi connectivity index (χ0n) is 17.7. The lowest BCUT2D eigenvalue weighted by Crippen LogP contribution is -2.39. The Hall–Kier alpha value is -2.67. The quantitative estimate of drug-likeness (QED) is 0.575. The van der Waals surface area contributed by atoms with E-state index in [1.54, 1.807) is 24.6 Å². The van der Waals surface area contributed by atoms with Crippen molar-refractivity contribution in [3.05, 3.63) is 63.3 Å². The van der Waals surface area contributed by atoms with Crippen LogP contribution in [0.4, 0.5) is 0 Å². The first-order valence-electron chi connectivity index (χ1n) is 10.3. The molecule has 1 atom stereocenters. The van der Waals surface area contributed by atoms with E-state index < -0.39 is 0 Å². The van der Waals surface area contributed by atoms with Gasteiger partial charge in [-0.25, -0.2) is 9.97 Å². The van der Waals surface area contributed by atoms with Gasteiger partial charge in [-0.3, -0.25) is 4.79 Å². The molecule has 7 heteroatoms. The third kappa shape index (κ3) is 4.56. The minimum Gasteiger partial charge on any atom is -0.497 e. The van der Waals surface area contributed by atoms with Gasteiger partial charge < -0.3 is 14.1 Å². The van der Waals surface area contributed by atoms with E-state index in [4.69, 9.17) is 9.15 Å². The van der Waals surface area contributed by atoms with Gasteiger partial charge in [0.1, 0.15) is 17.6 Å². The Morgan fingerprint density at radius 1 is 1.33 bits per heavy atom. The van der Waals surface area contributed by atoms with E-state index in [0.717, 1.165) is 58.5 Å². The molecular weight excluding hydrogens is 398 g/mol. The number of amides is 1. The summed E-state index contributed by atoms with van der Waals surface area (Å²) in [4.78, 5) is 25.1. The van der Waals surface area contributed by atoms with Crippen LogP contribution in [0, 0.1) is 13.8 Å². The summed E-state index contributed by atoms with van der Waals surface area (Å²) in [5.41, 5.74) is 2.06. The largest absolute Gasteiger partial charge is 0.497 e. The Morgan fingerprint density at radius 2 is 2.20 bits per heavy atom. The smallest absolute Gasteiger partial charge is 0.228 e. The zero-order valence-corrected chi connectivity index (χ0v) is 18.5. The Labute approximate surface area is 180 Å². The molecule has 6 nitrogen and oxygen atoms in total. The summed E-state index contributed by atoms with van der Waals surface area (Å²) in [5, 5.41) is 1.00. The van der Waals surface area contributed by atoms with Gasteiger partial charge in [-0.05, 0) is 50.8 Å². The Balaban J connectivity index is 1.48. The maximum atomic E-state index is 13.1. The van der Waals surface area contributed by atoms with E-state index >= 15 is 0 Å². The average Bonchev–Trinajstić information content (AvgIpc) is 3.33. The second kappa shape index (κ2) is 9.00. The topological polar surface area (TPSA) is 68.5 Å². The number of aryl methyl sites for hydroxylation is 2. The Morgan fingerprint density at radius 3 is 2.97 bits per heavy atom. The number of methoxy groups -OCH3 is 1. The lowest BCUT2D eigenvalue weighted by Gasteiger charge is -2.33. The van der Waals surface area contributed by atoms with E-state index in [2.05, 4.69) is 9.97 Å². The van der Waals surface area contributed by atoms with Gasteiger partial charge in [-0.1, -0.05) is 12.1 Å². The normalized spacial score (nSPS) is 16.6. The molecule has 1 saturated heterocycles. The number of hydrogen-bond donors (Lipinski definition) is 0. The molecule has 1 aliphatic rings. The number of carbonyl (C=O) groups is 1. The van der Waals surface area contributed by atoms with Crippen LogP contribution in [0.5, 0.6) is 5.75 Å². The molecule has 4 rings (SSSR count). The second-order valence-corrected chi connectivity index (χ2v) is 9.00. The number of thiazole rings is 1. The zero-order chi connectivity index (χ0) is 21.1. The number of ether oxygens (including phenoxy) is 1. The lowest BCUT2D eigenvalue weighted by atomic mass is 10.0. The van der Waals surface area contributed by atoms with Crippen LogP contribution in [0.15, 0.2) is 34.9 Å². The lowest BCUT2D eigenvalue weighted by molar-refractivity contribution is -0.134. The van der Waals surface area contributed by atoms with Crippen LogP contribution in [0.2, 0.25) is 0 Å². The molecule has 0 spiro atoms. The maximum absolute atomic E-state index is 13.1. The van der Waals surface area contributed by atoms with Crippen LogP contribution in [0.25, 0.3) is 0 Å². The molecule has 1 aliphatic heterocycles. The number of benzene rings is 1. The van der Waals surface area contributed by atoms with Gasteiger partial charge in [0, 0.05) is 17.8 Å². The SMILES string of the molecule is COc1cccc(Cc2cnc(C3CCCCN3C(=O)Cc3sc(C)nc3C)o2)c1. The van der Waals surface area contributed by atoms with Crippen molar-refractivity contribution in [3.63, 3.8) is 0 Å². The van der Waals surface area contributed by atoms with Crippen molar-refractivity contribution in [2.45, 2.75) is 52.0 Å². The van der Waals surface area contributed by atoms with Gasteiger partial charge in [0.2, 0.25) is 11.8 Å². The first kappa shape index (κ1) is 20.6. The minimum absolute atomic E-state index is 0.0976. The molecule has 0 aliphatic carbocycles. The molecule has 1 fully saturated rings. The molecule has 0 radical (unpaired) electrons. The maximum Gasteiger partial charge on any atom is 0.228 e. The van der Waals surface area contributed by atoms with E-state index in [1.807, 2.05) is 43.0 Å². The molecule has 1 aromatic carbocycles. The monoisotopic (exact) mass is 425 g/mol. The standard InChI is InChI=1S/C23H27N3O3S/c1-15-21(30-16(2)25-15)13-22(27)26-10-5-4-9-20(26)23-24-14-19(29-23)12-17-7-6-8-18(11-17)28-3/h6-8,11,14,20H,4-5,9-10,12-13H2,1-3H3. The highest BCUT2D eigenvalue weighted by Gasteiger charge is 2.31. The third-order valence-corrected chi connectivity index (χ3v) is 6.58. The molecule has 30 heavy (non-hydrogen) atoms. The van der Waals surface area contributed by atoms with E-state index in [0.29, 0.717) is 18.7 Å². The molecular formula is C23H27N3O3S. The Kier molecular flexibility index (Phi) is 6.18. The van der Waals surface area contributed by atoms with Crippen molar-refractivity contribution in [2.75, 3.05) is 13.7 Å². The molecule has 1 unspecified atom stereocenters. The highest BCUT2D eigenvalue weighted by Crippen LogP contribution is 2.32. The number of rotatable bonds is 6.